The molecule has 1 aromatic carbocycles. The van der Waals surface area contributed by atoms with Crippen LogP contribution in [0.1, 0.15) is 32.0 Å². The minimum atomic E-state index is 0.236. The lowest BCUT2D eigenvalue weighted by atomic mass is 9.93. The fourth-order valence-corrected chi connectivity index (χ4v) is 4.57. The Morgan fingerprint density at radius 2 is 2.10 bits per heavy atom. The number of hydrogen-bond acceptors (Lipinski definition) is 3. The third kappa shape index (κ3) is 3.43. The number of hydrogen-bond donors (Lipinski definition) is 1. The third-order valence-electron chi connectivity index (χ3n) is 4.47. The van der Waals surface area contributed by atoms with Gasteiger partial charge in [0.15, 0.2) is 0 Å². The molecule has 0 spiro atoms. The van der Waals surface area contributed by atoms with Gasteiger partial charge in [0.25, 0.3) is 0 Å². The lowest BCUT2D eigenvalue weighted by Crippen LogP contribution is -2.28. The van der Waals surface area contributed by atoms with Gasteiger partial charge in [-0.05, 0) is 55.7 Å². The fraction of sp³-hybridized carbons (Fsp3) is 0.588. The molecule has 2 N–H and O–H groups in total. The van der Waals surface area contributed by atoms with E-state index in [0.717, 1.165) is 36.6 Å². The van der Waals surface area contributed by atoms with E-state index in [2.05, 4.69) is 47.5 Å². The average molecular weight is 303 g/mol. The third-order valence-corrected chi connectivity index (χ3v) is 5.52. The standard InChI is InChI=1S/C17H25N3S/c1-2-20-16-6-4-3-5-15(16)19-17(20)12-14(18)11-13-7-9-21-10-8-13/h3-6,13-14H,2,7-12,18H2,1H3. The summed E-state index contributed by atoms with van der Waals surface area (Å²) in [5.41, 5.74) is 8.75. The van der Waals surface area contributed by atoms with Gasteiger partial charge in [-0.3, -0.25) is 0 Å². The van der Waals surface area contributed by atoms with Crippen LogP contribution in [-0.4, -0.2) is 27.1 Å². The first kappa shape index (κ1) is 14.9. The van der Waals surface area contributed by atoms with E-state index in [1.165, 1.54) is 29.9 Å². The van der Waals surface area contributed by atoms with Gasteiger partial charge in [-0.1, -0.05) is 12.1 Å². The average Bonchev–Trinajstić information content (AvgIpc) is 2.85. The van der Waals surface area contributed by atoms with Crippen LogP contribution in [0.5, 0.6) is 0 Å². The van der Waals surface area contributed by atoms with E-state index >= 15 is 0 Å². The van der Waals surface area contributed by atoms with Gasteiger partial charge < -0.3 is 10.3 Å². The fourth-order valence-electron chi connectivity index (χ4n) is 3.36. The number of rotatable bonds is 5. The molecule has 114 valence electrons. The molecule has 3 rings (SSSR count). The van der Waals surface area contributed by atoms with Crippen molar-refractivity contribution in [2.24, 2.45) is 11.7 Å². The molecule has 0 radical (unpaired) electrons. The highest BCUT2D eigenvalue weighted by atomic mass is 32.2. The predicted molar refractivity (Wildman–Crippen MR) is 91.8 cm³/mol. The topological polar surface area (TPSA) is 43.8 Å². The zero-order valence-electron chi connectivity index (χ0n) is 12.8. The second-order valence-electron chi connectivity index (χ2n) is 6.02. The number of aryl methyl sites for hydroxylation is 1. The number of nitrogens with zero attached hydrogens (tertiary/aromatic N) is 2. The summed E-state index contributed by atoms with van der Waals surface area (Å²) in [6, 6.07) is 8.62. The molecule has 3 nitrogen and oxygen atoms in total. The van der Waals surface area contributed by atoms with E-state index in [1.54, 1.807) is 0 Å². The van der Waals surface area contributed by atoms with Crippen LogP contribution in [0.15, 0.2) is 24.3 Å². The Balaban J connectivity index is 1.71. The Morgan fingerprint density at radius 3 is 2.86 bits per heavy atom. The molecular weight excluding hydrogens is 278 g/mol. The second-order valence-corrected chi connectivity index (χ2v) is 7.24. The molecule has 1 atom stereocenters. The number of fused-ring (bicyclic) bond motifs is 1. The Hall–Kier alpha value is -1.00. The molecule has 21 heavy (non-hydrogen) atoms. The first-order valence-corrected chi connectivity index (χ1v) is 9.21. The number of nitrogens with two attached hydrogens (primary N) is 1. The monoisotopic (exact) mass is 303 g/mol. The number of benzene rings is 1. The Bertz CT molecular complexity index is 587. The molecule has 1 saturated heterocycles. The van der Waals surface area contributed by atoms with Gasteiger partial charge >= 0.3 is 0 Å². The van der Waals surface area contributed by atoms with E-state index in [-0.39, 0.29) is 6.04 Å². The van der Waals surface area contributed by atoms with Crippen molar-refractivity contribution in [2.75, 3.05) is 11.5 Å². The van der Waals surface area contributed by atoms with Crippen molar-refractivity contribution in [3.63, 3.8) is 0 Å². The maximum absolute atomic E-state index is 6.42. The lowest BCUT2D eigenvalue weighted by Gasteiger charge is -2.24. The molecule has 1 aromatic heterocycles. The smallest absolute Gasteiger partial charge is 0.111 e. The molecule has 1 fully saturated rings. The van der Waals surface area contributed by atoms with Crippen LogP contribution in [0, 0.1) is 5.92 Å². The minimum absolute atomic E-state index is 0.236. The molecular formula is C17H25N3S. The van der Waals surface area contributed by atoms with Crippen molar-refractivity contribution >= 4 is 22.8 Å². The zero-order chi connectivity index (χ0) is 14.7. The first-order valence-electron chi connectivity index (χ1n) is 8.05. The van der Waals surface area contributed by atoms with Crippen molar-refractivity contribution in [1.29, 1.82) is 0 Å². The van der Waals surface area contributed by atoms with E-state index in [9.17, 15) is 0 Å². The van der Waals surface area contributed by atoms with Crippen LogP contribution in [0.2, 0.25) is 0 Å². The molecule has 1 aliphatic heterocycles. The summed E-state index contributed by atoms with van der Waals surface area (Å²) in [7, 11) is 0. The molecule has 0 saturated carbocycles. The van der Waals surface area contributed by atoms with Crippen molar-refractivity contribution in [2.45, 2.75) is 45.2 Å². The number of aromatic nitrogens is 2. The van der Waals surface area contributed by atoms with Crippen molar-refractivity contribution in [3.05, 3.63) is 30.1 Å². The van der Waals surface area contributed by atoms with Gasteiger partial charge in [-0.2, -0.15) is 11.8 Å². The number of imidazole rings is 1. The summed E-state index contributed by atoms with van der Waals surface area (Å²) in [4.78, 5) is 4.80. The SMILES string of the molecule is CCn1c(CC(N)CC2CCSCC2)nc2ccccc21. The molecule has 0 bridgehead atoms. The quantitative estimate of drug-likeness (QED) is 0.920. The summed E-state index contributed by atoms with van der Waals surface area (Å²) >= 11 is 2.08. The molecule has 2 heterocycles. The highest BCUT2D eigenvalue weighted by molar-refractivity contribution is 7.99. The molecule has 0 amide bonds. The minimum Gasteiger partial charge on any atom is -0.328 e. The van der Waals surface area contributed by atoms with Gasteiger partial charge in [0.05, 0.1) is 11.0 Å². The summed E-state index contributed by atoms with van der Waals surface area (Å²) in [6.45, 7) is 3.14. The van der Waals surface area contributed by atoms with Crippen LogP contribution >= 0.6 is 11.8 Å². The maximum atomic E-state index is 6.42. The van der Waals surface area contributed by atoms with Crippen molar-refractivity contribution < 1.29 is 0 Å². The highest BCUT2D eigenvalue weighted by Gasteiger charge is 2.19. The van der Waals surface area contributed by atoms with Crippen LogP contribution < -0.4 is 5.73 Å². The first-order chi connectivity index (χ1) is 10.3. The largest absolute Gasteiger partial charge is 0.328 e. The summed E-state index contributed by atoms with van der Waals surface area (Å²) in [5, 5.41) is 0. The van der Waals surface area contributed by atoms with E-state index in [0.29, 0.717) is 0 Å². The molecule has 1 aliphatic rings. The normalized spacial score (nSPS) is 18.2. The van der Waals surface area contributed by atoms with Gasteiger partial charge in [0.1, 0.15) is 5.82 Å². The summed E-state index contributed by atoms with van der Waals surface area (Å²) in [6.07, 6.45) is 4.71. The zero-order valence-corrected chi connectivity index (χ0v) is 13.6. The van der Waals surface area contributed by atoms with Crippen LogP contribution in [0.3, 0.4) is 0 Å². The van der Waals surface area contributed by atoms with Gasteiger partial charge in [0, 0.05) is 19.0 Å². The summed E-state index contributed by atoms with van der Waals surface area (Å²) in [5.74, 6) is 4.59. The molecule has 4 heteroatoms. The second kappa shape index (κ2) is 6.84. The Kier molecular flexibility index (Phi) is 4.86. The molecule has 2 aromatic rings. The van der Waals surface area contributed by atoms with Crippen molar-refractivity contribution in [3.8, 4) is 0 Å². The van der Waals surface area contributed by atoms with Gasteiger partial charge in [-0.25, -0.2) is 4.98 Å². The van der Waals surface area contributed by atoms with Gasteiger partial charge in [0.2, 0.25) is 0 Å². The van der Waals surface area contributed by atoms with E-state index < -0.39 is 0 Å². The lowest BCUT2D eigenvalue weighted by molar-refractivity contribution is 0.401. The van der Waals surface area contributed by atoms with E-state index in [4.69, 9.17) is 10.7 Å². The maximum Gasteiger partial charge on any atom is 0.111 e. The van der Waals surface area contributed by atoms with Crippen molar-refractivity contribution in [1.82, 2.24) is 9.55 Å². The predicted octanol–water partition coefficient (Wildman–Crippen LogP) is 3.46. The Morgan fingerprint density at radius 1 is 1.33 bits per heavy atom. The number of para-hydroxylation sites is 2. The Labute approximate surface area is 131 Å². The van der Waals surface area contributed by atoms with Crippen LogP contribution in [0.4, 0.5) is 0 Å². The van der Waals surface area contributed by atoms with E-state index in [1.807, 2.05) is 0 Å². The molecule has 1 unspecified atom stereocenters. The molecule has 0 aliphatic carbocycles. The van der Waals surface area contributed by atoms with Gasteiger partial charge in [-0.15, -0.1) is 0 Å². The summed E-state index contributed by atoms with van der Waals surface area (Å²) < 4.78 is 2.31. The van der Waals surface area contributed by atoms with Crippen LogP contribution in [0.25, 0.3) is 11.0 Å². The highest BCUT2D eigenvalue weighted by Crippen LogP contribution is 2.27. The van der Waals surface area contributed by atoms with Crippen LogP contribution in [-0.2, 0) is 13.0 Å². The number of thioether (sulfide) groups is 1.